The number of nitrogens with one attached hydrogen (secondary N) is 3. The third-order valence-electron chi connectivity index (χ3n) is 5.86. The van der Waals surface area contributed by atoms with Crippen molar-refractivity contribution in [3.63, 3.8) is 0 Å². The van der Waals surface area contributed by atoms with Gasteiger partial charge in [-0.3, -0.25) is 4.79 Å². The number of para-hydroxylation sites is 1. The molecule has 4 rings (SSSR count). The van der Waals surface area contributed by atoms with Crippen LogP contribution >= 0.6 is 12.2 Å². The van der Waals surface area contributed by atoms with Gasteiger partial charge in [0.05, 0.1) is 24.4 Å². The van der Waals surface area contributed by atoms with Crippen molar-refractivity contribution in [3.05, 3.63) is 107 Å². The molecule has 9 nitrogen and oxygen atoms in total. The topological polar surface area (TPSA) is 110 Å². The molecule has 0 fully saturated rings. The van der Waals surface area contributed by atoms with Crippen molar-refractivity contribution in [2.45, 2.75) is 26.5 Å². The van der Waals surface area contributed by atoms with Gasteiger partial charge in [-0.15, -0.1) is 0 Å². The summed E-state index contributed by atoms with van der Waals surface area (Å²) in [5, 5.41) is 10.5. The number of nitrogens with zero attached hydrogens (tertiary/aromatic N) is 1. The molecule has 1 aliphatic rings. The minimum absolute atomic E-state index is 0.233. The first-order valence-electron chi connectivity index (χ1n) is 12.7. The van der Waals surface area contributed by atoms with E-state index in [2.05, 4.69) is 21.2 Å². The summed E-state index contributed by atoms with van der Waals surface area (Å²) in [6, 6.07) is 23.8. The van der Waals surface area contributed by atoms with Crippen molar-refractivity contribution >= 4 is 35.4 Å². The quantitative estimate of drug-likeness (QED) is 0.139. The Morgan fingerprint density at radius 3 is 2.60 bits per heavy atom. The Balaban J connectivity index is 1.36. The highest BCUT2D eigenvalue weighted by Gasteiger charge is 2.32. The summed E-state index contributed by atoms with van der Waals surface area (Å²) in [6.45, 7) is 3.89. The van der Waals surface area contributed by atoms with E-state index < -0.39 is 17.9 Å². The molecule has 0 saturated heterocycles. The highest BCUT2D eigenvalue weighted by Crippen LogP contribution is 2.33. The van der Waals surface area contributed by atoms with E-state index in [-0.39, 0.29) is 13.2 Å². The monoisotopic (exact) mass is 558 g/mol. The van der Waals surface area contributed by atoms with Crippen LogP contribution in [-0.2, 0) is 20.9 Å². The first-order chi connectivity index (χ1) is 19.4. The van der Waals surface area contributed by atoms with Gasteiger partial charge in [0.2, 0.25) is 0 Å². The Morgan fingerprint density at radius 1 is 1.02 bits per heavy atom. The number of amides is 1. The second kappa shape index (κ2) is 13.9. The molecule has 1 aliphatic heterocycles. The van der Waals surface area contributed by atoms with Crippen LogP contribution in [-0.4, -0.2) is 36.4 Å². The molecule has 1 heterocycles. The third kappa shape index (κ3) is 7.67. The van der Waals surface area contributed by atoms with Crippen molar-refractivity contribution < 1.29 is 23.8 Å². The molecule has 0 aromatic heterocycles. The van der Waals surface area contributed by atoms with Crippen LogP contribution in [0.15, 0.2) is 95.2 Å². The van der Waals surface area contributed by atoms with E-state index in [1.54, 1.807) is 32.0 Å². The first kappa shape index (κ1) is 28.3. The molecule has 1 atom stereocenters. The number of rotatable bonds is 11. The smallest absolute Gasteiger partial charge is 0.338 e. The lowest BCUT2D eigenvalue weighted by Crippen LogP contribution is -2.45. The molecule has 206 valence electrons. The zero-order valence-corrected chi connectivity index (χ0v) is 23.0. The molecule has 1 amide bonds. The SMILES string of the molecule is CCOC(=O)C1=C(C)NC(=S)N[C@@H]1c1ccccc1OCC(=O)NN=Cc1cccc(OCc2ccccc2)c1. The van der Waals surface area contributed by atoms with Gasteiger partial charge in [0, 0.05) is 11.3 Å². The van der Waals surface area contributed by atoms with Crippen LogP contribution < -0.4 is 25.5 Å². The van der Waals surface area contributed by atoms with E-state index in [0.717, 1.165) is 11.1 Å². The summed E-state index contributed by atoms with van der Waals surface area (Å²) in [7, 11) is 0. The zero-order valence-electron chi connectivity index (χ0n) is 22.2. The van der Waals surface area contributed by atoms with Gasteiger partial charge < -0.3 is 24.8 Å². The summed E-state index contributed by atoms with van der Waals surface area (Å²) < 4.78 is 16.9. The Kier molecular flexibility index (Phi) is 9.84. The first-order valence-corrected chi connectivity index (χ1v) is 13.1. The second-order valence-corrected chi connectivity index (χ2v) is 9.17. The Bertz CT molecular complexity index is 1420. The third-order valence-corrected chi connectivity index (χ3v) is 6.08. The number of ether oxygens (including phenoxy) is 3. The van der Waals surface area contributed by atoms with Crippen molar-refractivity contribution in [2.75, 3.05) is 13.2 Å². The summed E-state index contributed by atoms with van der Waals surface area (Å²) in [5.74, 6) is 0.191. The van der Waals surface area contributed by atoms with E-state index in [0.29, 0.717) is 40.1 Å². The molecular weight excluding hydrogens is 528 g/mol. The van der Waals surface area contributed by atoms with Crippen LogP contribution in [0, 0.1) is 0 Å². The summed E-state index contributed by atoms with van der Waals surface area (Å²) in [4.78, 5) is 25.2. The molecule has 0 spiro atoms. The van der Waals surface area contributed by atoms with Crippen LogP contribution in [0.1, 0.15) is 36.6 Å². The number of allylic oxidation sites excluding steroid dienone is 1. The molecular formula is C30H30N4O5S. The summed E-state index contributed by atoms with van der Waals surface area (Å²) >= 11 is 5.31. The second-order valence-electron chi connectivity index (χ2n) is 8.76. The van der Waals surface area contributed by atoms with Crippen LogP contribution in [0.5, 0.6) is 11.5 Å². The van der Waals surface area contributed by atoms with E-state index in [1.807, 2.05) is 60.7 Å². The van der Waals surface area contributed by atoms with Crippen LogP contribution in [0.4, 0.5) is 0 Å². The number of esters is 1. The lowest BCUT2D eigenvalue weighted by molar-refractivity contribution is -0.139. The number of carbonyl (C=O) groups is 2. The Hall–Kier alpha value is -4.70. The van der Waals surface area contributed by atoms with Crippen molar-refractivity contribution in [1.82, 2.24) is 16.1 Å². The predicted octanol–water partition coefficient (Wildman–Crippen LogP) is 4.15. The van der Waals surface area contributed by atoms with E-state index in [4.69, 9.17) is 26.4 Å². The average Bonchev–Trinajstić information content (AvgIpc) is 2.95. The van der Waals surface area contributed by atoms with Gasteiger partial charge in [-0.1, -0.05) is 60.7 Å². The highest BCUT2D eigenvalue weighted by atomic mass is 32.1. The normalized spacial score (nSPS) is 14.8. The number of hydrogen-bond acceptors (Lipinski definition) is 7. The van der Waals surface area contributed by atoms with Crippen molar-refractivity contribution in [1.29, 1.82) is 0 Å². The molecule has 0 bridgehead atoms. The largest absolute Gasteiger partial charge is 0.489 e. The standard InChI is InChI=1S/C30H30N4O5S/c1-3-37-29(36)27-20(2)32-30(40)33-28(27)24-14-7-8-15-25(24)39-19-26(35)34-31-17-22-12-9-13-23(16-22)38-18-21-10-5-4-6-11-21/h4-17,28H,3,18-19H2,1-2H3,(H,34,35)(H2,32,33,40)/t28-/m1/s1. The Morgan fingerprint density at radius 2 is 1.80 bits per heavy atom. The molecule has 10 heteroatoms. The molecule has 0 unspecified atom stereocenters. The van der Waals surface area contributed by atoms with Gasteiger partial charge in [0.1, 0.15) is 18.1 Å². The van der Waals surface area contributed by atoms with Crippen LogP contribution in [0.2, 0.25) is 0 Å². The molecule has 40 heavy (non-hydrogen) atoms. The molecule has 3 N–H and O–H groups in total. The van der Waals surface area contributed by atoms with Gasteiger partial charge in [-0.2, -0.15) is 5.10 Å². The van der Waals surface area contributed by atoms with Crippen LogP contribution in [0.3, 0.4) is 0 Å². The van der Waals surface area contributed by atoms with Crippen molar-refractivity contribution in [3.8, 4) is 11.5 Å². The van der Waals surface area contributed by atoms with Crippen LogP contribution in [0.25, 0.3) is 0 Å². The van der Waals surface area contributed by atoms with E-state index in [1.165, 1.54) is 6.21 Å². The maximum Gasteiger partial charge on any atom is 0.338 e. The fourth-order valence-electron chi connectivity index (χ4n) is 4.04. The van der Waals surface area contributed by atoms with Crippen molar-refractivity contribution in [2.24, 2.45) is 5.10 Å². The fraction of sp³-hybridized carbons (Fsp3) is 0.200. The Labute approximate surface area is 238 Å². The van der Waals surface area contributed by atoms with Gasteiger partial charge in [0.25, 0.3) is 5.91 Å². The molecule has 0 saturated carbocycles. The maximum absolute atomic E-state index is 12.7. The minimum atomic E-state index is -0.610. The minimum Gasteiger partial charge on any atom is -0.489 e. The predicted molar refractivity (Wildman–Crippen MR) is 156 cm³/mol. The summed E-state index contributed by atoms with van der Waals surface area (Å²) in [5.41, 5.74) is 5.91. The highest BCUT2D eigenvalue weighted by molar-refractivity contribution is 7.80. The number of hydrazone groups is 1. The number of hydrogen-bond donors (Lipinski definition) is 3. The average molecular weight is 559 g/mol. The van der Waals surface area contributed by atoms with Gasteiger partial charge in [-0.25, -0.2) is 10.2 Å². The van der Waals surface area contributed by atoms with Gasteiger partial charge in [-0.05, 0) is 55.4 Å². The maximum atomic E-state index is 12.7. The molecule has 3 aromatic rings. The molecule has 3 aromatic carbocycles. The van der Waals surface area contributed by atoms with Gasteiger partial charge in [0.15, 0.2) is 11.7 Å². The summed E-state index contributed by atoms with van der Waals surface area (Å²) in [6.07, 6.45) is 1.53. The fourth-order valence-corrected chi connectivity index (χ4v) is 4.31. The lowest BCUT2D eigenvalue weighted by Gasteiger charge is -2.30. The van der Waals surface area contributed by atoms with Gasteiger partial charge >= 0.3 is 5.97 Å². The number of thiocarbonyl (C=S) groups is 1. The molecule has 0 aliphatic carbocycles. The number of carbonyl (C=O) groups excluding carboxylic acids is 2. The van der Waals surface area contributed by atoms with E-state index in [9.17, 15) is 9.59 Å². The molecule has 0 radical (unpaired) electrons. The number of benzene rings is 3. The zero-order chi connectivity index (χ0) is 28.3. The van der Waals surface area contributed by atoms with E-state index >= 15 is 0 Å². The lowest BCUT2D eigenvalue weighted by atomic mass is 9.95.